The Morgan fingerprint density at radius 3 is 2.30 bits per heavy atom. The van der Waals surface area contributed by atoms with Gasteiger partial charge in [0, 0.05) is 13.1 Å². The number of aryl methyl sites for hydroxylation is 1. The number of hydrogen-bond acceptors (Lipinski definition) is 2. The van der Waals surface area contributed by atoms with Crippen LogP contribution in [0.25, 0.3) is 0 Å². The summed E-state index contributed by atoms with van der Waals surface area (Å²) in [4.78, 5) is 0.437. The molecule has 0 unspecified atom stereocenters. The Labute approximate surface area is 123 Å². The summed E-state index contributed by atoms with van der Waals surface area (Å²) in [5.41, 5.74) is 1.22. The van der Waals surface area contributed by atoms with Crippen LogP contribution in [0.4, 0.5) is 0 Å². The van der Waals surface area contributed by atoms with Gasteiger partial charge in [-0.25, -0.2) is 8.42 Å². The fourth-order valence-electron chi connectivity index (χ4n) is 2.58. The molecule has 0 radical (unpaired) electrons. The number of sulfonamides is 1. The lowest BCUT2D eigenvalue weighted by atomic mass is 10.0. The maximum atomic E-state index is 12.5. The van der Waals surface area contributed by atoms with Crippen LogP contribution in [0, 0.1) is 5.92 Å². The van der Waals surface area contributed by atoms with Gasteiger partial charge in [0.25, 0.3) is 0 Å². The van der Waals surface area contributed by atoms with Crippen LogP contribution in [0.1, 0.15) is 45.1 Å². The van der Waals surface area contributed by atoms with Crippen LogP contribution < -0.4 is 0 Å². The van der Waals surface area contributed by atoms with E-state index in [1.54, 1.807) is 16.4 Å². The zero-order valence-corrected chi connectivity index (χ0v) is 13.3. The van der Waals surface area contributed by atoms with Crippen LogP contribution in [-0.2, 0) is 16.4 Å². The first kappa shape index (κ1) is 15.5. The average Bonchev–Trinajstić information content (AvgIpc) is 2.46. The third-order valence-electron chi connectivity index (χ3n) is 4.12. The standard InChI is InChI=1S/C16H25NO2S/c1-3-4-5-15-6-8-16(9-7-15)20(18,19)17-12-10-14(2)11-13-17/h6-9,14H,3-5,10-13H2,1-2H3. The van der Waals surface area contributed by atoms with Crippen molar-refractivity contribution in [3.8, 4) is 0 Å². The molecule has 112 valence electrons. The SMILES string of the molecule is CCCCc1ccc(S(=O)(=O)N2CCC(C)CC2)cc1. The maximum absolute atomic E-state index is 12.5. The van der Waals surface area contributed by atoms with Gasteiger partial charge in [0.2, 0.25) is 10.0 Å². The fraction of sp³-hybridized carbons (Fsp3) is 0.625. The molecule has 1 aliphatic rings. The smallest absolute Gasteiger partial charge is 0.207 e. The van der Waals surface area contributed by atoms with Crippen LogP contribution in [0.5, 0.6) is 0 Å². The van der Waals surface area contributed by atoms with E-state index in [0.717, 1.165) is 32.1 Å². The van der Waals surface area contributed by atoms with E-state index in [1.165, 1.54) is 5.56 Å². The minimum absolute atomic E-state index is 0.437. The Kier molecular flexibility index (Phi) is 5.22. The Bertz CT molecular complexity index is 514. The van der Waals surface area contributed by atoms with Gasteiger partial charge in [-0.3, -0.25) is 0 Å². The summed E-state index contributed by atoms with van der Waals surface area (Å²) in [6.07, 6.45) is 5.27. The number of hydrogen-bond donors (Lipinski definition) is 0. The Morgan fingerprint density at radius 2 is 1.75 bits per heavy atom. The number of piperidine rings is 1. The van der Waals surface area contributed by atoms with Crippen molar-refractivity contribution in [1.82, 2.24) is 4.31 Å². The van der Waals surface area contributed by atoms with Crippen molar-refractivity contribution in [3.05, 3.63) is 29.8 Å². The molecule has 1 aliphatic heterocycles. The summed E-state index contributed by atoms with van der Waals surface area (Å²) in [7, 11) is -3.29. The maximum Gasteiger partial charge on any atom is 0.243 e. The van der Waals surface area contributed by atoms with Crippen LogP contribution in [0.15, 0.2) is 29.2 Å². The van der Waals surface area contributed by atoms with E-state index in [2.05, 4.69) is 13.8 Å². The molecule has 1 heterocycles. The van der Waals surface area contributed by atoms with Crippen LogP contribution in [-0.4, -0.2) is 25.8 Å². The molecule has 0 aromatic heterocycles. The second-order valence-electron chi connectivity index (χ2n) is 5.83. The second-order valence-corrected chi connectivity index (χ2v) is 7.77. The van der Waals surface area contributed by atoms with Crippen molar-refractivity contribution in [2.75, 3.05) is 13.1 Å². The first-order valence-electron chi connectivity index (χ1n) is 7.63. The number of unbranched alkanes of at least 4 members (excludes halogenated alkanes) is 1. The molecule has 0 amide bonds. The first-order valence-corrected chi connectivity index (χ1v) is 9.07. The molecule has 1 saturated heterocycles. The van der Waals surface area contributed by atoms with Crippen LogP contribution >= 0.6 is 0 Å². The molecule has 0 spiro atoms. The summed E-state index contributed by atoms with van der Waals surface area (Å²) in [5, 5.41) is 0. The summed E-state index contributed by atoms with van der Waals surface area (Å²) < 4.78 is 26.7. The molecule has 1 fully saturated rings. The highest BCUT2D eigenvalue weighted by atomic mass is 32.2. The molecule has 0 saturated carbocycles. The third kappa shape index (κ3) is 3.61. The first-order chi connectivity index (χ1) is 9.54. The zero-order valence-electron chi connectivity index (χ0n) is 12.5. The minimum Gasteiger partial charge on any atom is -0.207 e. The van der Waals surface area contributed by atoms with Gasteiger partial charge in [-0.1, -0.05) is 32.4 Å². The quantitative estimate of drug-likeness (QED) is 0.834. The van der Waals surface area contributed by atoms with Crippen molar-refractivity contribution >= 4 is 10.0 Å². The molecule has 0 atom stereocenters. The molecule has 1 aromatic rings. The Hall–Kier alpha value is -0.870. The lowest BCUT2D eigenvalue weighted by molar-refractivity contribution is 0.288. The predicted molar refractivity (Wildman–Crippen MR) is 82.2 cm³/mol. The van der Waals surface area contributed by atoms with Crippen molar-refractivity contribution in [1.29, 1.82) is 0 Å². The molecule has 0 aliphatic carbocycles. The molecular formula is C16H25NO2S. The monoisotopic (exact) mass is 295 g/mol. The van der Waals surface area contributed by atoms with E-state index in [1.807, 2.05) is 12.1 Å². The lowest BCUT2D eigenvalue weighted by Crippen LogP contribution is -2.37. The molecule has 3 nitrogen and oxygen atoms in total. The van der Waals surface area contributed by atoms with Gasteiger partial charge in [-0.05, 0) is 49.3 Å². The average molecular weight is 295 g/mol. The van der Waals surface area contributed by atoms with Gasteiger partial charge in [-0.15, -0.1) is 0 Å². The van der Waals surface area contributed by atoms with Gasteiger partial charge in [-0.2, -0.15) is 4.31 Å². The van der Waals surface area contributed by atoms with E-state index >= 15 is 0 Å². The second kappa shape index (κ2) is 6.72. The fourth-order valence-corrected chi connectivity index (χ4v) is 4.05. The van der Waals surface area contributed by atoms with E-state index in [9.17, 15) is 8.42 Å². The minimum atomic E-state index is -3.29. The van der Waals surface area contributed by atoms with Crippen molar-refractivity contribution in [3.63, 3.8) is 0 Å². The van der Waals surface area contributed by atoms with E-state index in [-0.39, 0.29) is 0 Å². The lowest BCUT2D eigenvalue weighted by Gasteiger charge is -2.29. The van der Waals surface area contributed by atoms with Gasteiger partial charge in [0.1, 0.15) is 0 Å². The number of rotatable bonds is 5. The predicted octanol–water partition coefficient (Wildman–Crippen LogP) is 3.45. The molecule has 0 N–H and O–H groups in total. The molecule has 1 aromatic carbocycles. The zero-order chi connectivity index (χ0) is 14.6. The van der Waals surface area contributed by atoms with Crippen molar-refractivity contribution in [2.24, 2.45) is 5.92 Å². The topological polar surface area (TPSA) is 37.4 Å². The van der Waals surface area contributed by atoms with Crippen molar-refractivity contribution in [2.45, 2.75) is 50.8 Å². The Balaban J connectivity index is 2.09. The third-order valence-corrected chi connectivity index (χ3v) is 6.04. The molecule has 2 rings (SSSR count). The molecule has 20 heavy (non-hydrogen) atoms. The van der Waals surface area contributed by atoms with E-state index < -0.39 is 10.0 Å². The highest BCUT2D eigenvalue weighted by Gasteiger charge is 2.27. The summed E-state index contributed by atoms with van der Waals surface area (Å²) >= 11 is 0. The van der Waals surface area contributed by atoms with Gasteiger partial charge < -0.3 is 0 Å². The van der Waals surface area contributed by atoms with Gasteiger partial charge in [0.15, 0.2) is 0 Å². The van der Waals surface area contributed by atoms with Crippen LogP contribution in [0.3, 0.4) is 0 Å². The normalized spacial score (nSPS) is 18.3. The van der Waals surface area contributed by atoms with E-state index in [4.69, 9.17) is 0 Å². The largest absolute Gasteiger partial charge is 0.243 e. The Morgan fingerprint density at radius 1 is 1.15 bits per heavy atom. The summed E-state index contributed by atoms with van der Waals surface area (Å²) in [6.45, 7) is 5.66. The summed E-state index contributed by atoms with van der Waals surface area (Å²) in [5.74, 6) is 0.637. The number of nitrogens with zero attached hydrogens (tertiary/aromatic N) is 1. The molecule has 0 bridgehead atoms. The van der Waals surface area contributed by atoms with Gasteiger partial charge >= 0.3 is 0 Å². The van der Waals surface area contributed by atoms with E-state index in [0.29, 0.717) is 23.9 Å². The van der Waals surface area contributed by atoms with Crippen molar-refractivity contribution < 1.29 is 8.42 Å². The highest BCUT2D eigenvalue weighted by Crippen LogP contribution is 2.23. The molecular weight excluding hydrogens is 270 g/mol. The highest BCUT2D eigenvalue weighted by molar-refractivity contribution is 7.89. The number of benzene rings is 1. The van der Waals surface area contributed by atoms with Crippen LogP contribution in [0.2, 0.25) is 0 Å². The van der Waals surface area contributed by atoms with Gasteiger partial charge in [0.05, 0.1) is 4.90 Å². The summed E-state index contributed by atoms with van der Waals surface area (Å²) in [6, 6.07) is 7.43. The molecule has 4 heteroatoms.